The van der Waals surface area contributed by atoms with Gasteiger partial charge in [-0.25, -0.2) is 10.6 Å². The molecule has 10 heavy (non-hydrogen) atoms. The monoisotopic (exact) mass is 140 g/mol. The Hall–Kier alpha value is -0.0800. The standard InChI is InChI=1S/C8H16N2/c1-3-7-5-10-8(4-2)6-9-7/h7-8H,3-6H2,1-2H3. The zero-order valence-electron chi connectivity index (χ0n) is 6.88. The molecule has 0 aromatic rings. The van der Waals surface area contributed by atoms with Crippen molar-refractivity contribution in [3.05, 3.63) is 0 Å². The van der Waals surface area contributed by atoms with Crippen LogP contribution in [-0.2, 0) is 0 Å². The predicted molar refractivity (Wildman–Crippen MR) is 42.2 cm³/mol. The molecule has 2 unspecified atom stereocenters. The number of hydrogen-bond acceptors (Lipinski definition) is 0. The van der Waals surface area contributed by atoms with E-state index in [-0.39, 0.29) is 0 Å². The average molecular weight is 140 g/mol. The zero-order chi connectivity index (χ0) is 7.40. The van der Waals surface area contributed by atoms with E-state index in [0.29, 0.717) is 12.1 Å². The second-order valence-electron chi connectivity index (χ2n) is 2.85. The molecule has 2 radical (unpaired) electrons. The summed E-state index contributed by atoms with van der Waals surface area (Å²) in [5.74, 6) is 0. The summed E-state index contributed by atoms with van der Waals surface area (Å²) in [5, 5.41) is 9.01. The van der Waals surface area contributed by atoms with E-state index in [9.17, 15) is 0 Å². The topological polar surface area (TPSA) is 28.2 Å². The van der Waals surface area contributed by atoms with E-state index in [0.717, 1.165) is 25.9 Å². The molecule has 0 aromatic heterocycles. The van der Waals surface area contributed by atoms with Gasteiger partial charge in [0.15, 0.2) is 0 Å². The molecule has 0 bridgehead atoms. The Labute approximate surface area is 63.4 Å². The van der Waals surface area contributed by atoms with Crippen molar-refractivity contribution < 1.29 is 0 Å². The van der Waals surface area contributed by atoms with Gasteiger partial charge in [-0.2, -0.15) is 0 Å². The molecular formula is C8H16N2. The van der Waals surface area contributed by atoms with Gasteiger partial charge in [0.1, 0.15) is 0 Å². The van der Waals surface area contributed by atoms with E-state index in [1.54, 1.807) is 0 Å². The van der Waals surface area contributed by atoms with Crippen LogP contribution in [0.5, 0.6) is 0 Å². The highest BCUT2D eigenvalue weighted by Crippen LogP contribution is 2.02. The molecule has 2 heteroatoms. The third kappa shape index (κ3) is 1.96. The van der Waals surface area contributed by atoms with Crippen LogP contribution in [0.4, 0.5) is 0 Å². The molecule has 0 aromatic carbocycles. The van der Waals surface area contributed by atoms with Gasteiger partial charge >= 0.3 is 0 Å². The Balaban J connectivity index is 2.17. The second kappa shape index (κ2) is 3.94. The first-order valence-corrected chi connectivity index (χ1v) is 4.20. The van der Waals surface area contributed by atoms with Crippen molar-refractivity contribution in [1.82, 2.24) is 10.6 Å². The molecule has 0 spiro atoms. The van der Waals surface area contributed by atoms with Gasteiger partial charge in [-0.15, -0.1) is 0 Å². The quantitative estimate of drug-likeness (QED) is 0.542. The minimum absolute atomic E-state index is 0.530. The number of rotatable bonds is 2. The Morgan fingerprint density at radius 2 is 1.40 bits per heavy atom. The summed E-state index contributed by atoms with van der Waals surface area (Å²) in [5.41, 5.74) is 0. The fourth-order valence-corrected chi connectivity index (χ4v) is 1.17. The second-order valence-corrected chi connectivity index (χ2v) is 2.85. The van der Waals surface area contributed by atoms with Crippen molar-refractivity contribution >= 4 is 0 Å². The molecule has 0 aliphatic carbocycles. The Morgan fingerprint density at radius 3 is 1.60 bits per heavy atom. The molecule has 1 saturated heterocycles. The van der Waals surface area contributed by atoms with Crippen molar-refractivity contribution in [3.8, 4) is 0 Å². The largest absolute Gasteiger partial charge is 0.235 e. The Morgan fingerprint density at radius 1 is 1.00 bits per heavy atom. The van der Waals surface area contributed by atoms with E-state index < -0.39 is 0 Å². The Kier molecular flexibility index (Phi) is 3.16. The molecule has 58 valence electrons. The van der Waals surface area contributed by atoms with E-state index in [2.05, 4.69) is 24.5 Å². The first-order chi connectivity index (χ1) is 4.86. The third-order valence-electron chi connectivity index (χ3n) is 2.09. The van der Waals surface area contributed by atoms with Gasteiger partial charge in [0.2, 0.25) is 0 Å². The van der Waals surface area contributed by atoms with E-state index in [1.807, 2.05) is 0 Å². The van der Waals surface area contributed by atoms with Crippen LogP contribution >= 0.6 is 0 Å². The molecule has 1 fully saturated rings. The van der Waals surface area contributed by atoms with Crippen LogP contribution in [0.15, 0.2) is 0 Å². The van der Waals surface area contributed by atoms with Gasteiger partial charge in [-0.05, 0) is 12.8 Å². The highest BCUT2D eigenvalue weighted by Gasteiger charge is 2.18. The smallest absolute Gasteiger partial charge is 0.0385 e. The molecule has 2 atom stereocenters. The van der Waals surface area contributed by atoms with Gasteiger partial charge in [-0.1, -0.05) is 13.8 Å². The van der Waals surface area contributed by atoms with Gasteiger partial charge in [0, 0.05) is 25.2 Å². The highest BCUT2D eigenvalue weighted by atomic mass is 15.1. The van der Waals surface area contributed by atoms with Crippen LogP contribution < -0.4 is 10.6 Å². The van der Waals surface area contributed by atoms with Crippen LogP contribution in [-0.4, -0.2) is 25.2 Å². The lowest BCUT2D eigenvalue weighted by Crippen LogP contribution is -2.46. The van der Waals surface area contributed by atoms with Crippen molar-refractivity contribution in [3.63, 3.8) is 0 Å². The first-order valence-electron chi connectivity index (χ1n) is 4.20. The van der Waals surface area contributed by atoms with Crippen LogP contribution in [0.1, 0.15) is 26.7 Å². The molecule has 0 saturated carbocycles. The van der Waals surface area contributed by atoms with E-state index in [1.165, 1.54) is 0 Å². The summed E-state index contributed by atoms with van der Waals surface area (Å²) in [6.45, 7) is 6.29. The Bertz CT molecular complexity index is 73.3. The number of nitrogens with zero attached hydrogens (tertiary/aromatic N) is 2. The molecule has 1 aliphatic heterocycles. The van der Waals surface area contributed by atoms with Crippen molar-refractivity contribution in [2.75, 3.05) is 13.1 Å². The van der Waals surface area contributed by atoms with Crippen molar-refractivity contribution in [1.29, 1.82) is 0 Å². The zero-order valence-corrected chi connectivity index (χ0v) is 6.88. The summed E-state index contributed by atoms with van der Waals surface area (Å²) in [6, 6.07) is 1.06. The maximum Gasteiger partial charge on any atom is 0.0385 e. The highest BCUT2D eigenvalue weighted by molar-refractivity contribution is 4.80. The molecule has 1 rings (SSSR count). The number of hydrogen-bond donors (Lipinski definition) is 0. The van der Waals surface area contributed by atoms with Crippen molar-refractivity contribution in [2.45, 2.75) is 38.8 Å². The minimum atomic E-state index is 0.530. The molecule has 0 amide bonds. The maximum absolute atomic E-state index is 4.51. The summed E-state index contributed by atoms with van der Waals surface area (Å²) >= 11 is 0. The lowest BCUT2D eigenvalue weighted by Gasteiger charge is -2.26. The average Bonchev–Trinajstić information content (AvgIpc) is 2.05. The SMILES string of the molecule is CCC1C[N]C(CC)C[N]1. The fourth-order valence-electron chi connectivity index (χ4n) is 1.17. The fraction of sp³-hybridized carbons (Fsp3) is 1.00. The minimum Gasteiger partial charge on any atom is -0.235 e. The lowest BCUT2D eigenvalue weighted by molar-refractivity contribution is 0.322. The van der Waals surface area contributed by atoms with Crippen LogP contribution in [0.3, 0.4) is 0 Å². The van der Waals surface area contributed by atoms with Crippen LogP contribution in [0.25, 0.3) is 0 Å². The molecular weight excluding hydrogens is 124 g/mol. The lowest BCUT2D eigenvalue weighted by atomic mass is 10.1. The summed E-state index contributed by atoms with van der Waals surface area (Å²) in [4.78, 5) is 0. The van der Waals surface area contributed by atoms with Gasteiger partial charge in [-0.3, -0.25) is 0 Å². The van der Waals surface area contributed by atoms with E-state index in [4.69, 9.17) is 0 Å². The predicted octanol–water partition coefficient (Wildman–Crippen LogP) is 0.766. The van der Waals surface area contributed by atoms with Gasteiger partial charge in [0.05, 0.1) is 0 Å². The van der Waals surface area contributed by atoms with Crippen LogP contribution in [0.2, 0.25) is 0 Å². The first kappa shape index (κ1) is 8.02. The summed E-state index contributed by atoms with van der Waals surface area (Å²) < 4.78 is 0. The molecule has 1 aliphatic rings. The number of piperazine rings is 1. The summed E-state index contributed by atoms with van der Waals surface area (Å²) in [7, 11) is 0. The normalized spacial score (nSPS) is 34.2. The van der Waals surface area contributed by atoms with Gasteiger partial charge in [0.25, 0.3) is 0 Å². The molecule has 1 heterocycles. The third-order valence-corrected chi connectivity index (χ3v) is 2.09. The van der Waals surface area contributed by atoms with Gasteiger partial charge < -0.3 is 0 Å². The van der Waals surface area contributed by atoms with E-state index >= 15 is 0 Å². The summed E-state index contributed by atoms with van der Waals surface area (Å²) in [6.07, 6.45) is 2.31. The van der Waals surface area contributed by atoms with Crippen LogP contribution in [0, 0.1) is 0 Å². The van der Waals surface area contributed by atoms with Crippen molar-refractivity contribution in [2.24, 2.45) is 0 Å². The maximum atomic E-state index is 4.51. The molecule has 0 N–H and O–H groups in total. The molecule has 2 nitrogen and oxygen atoms in total.